The third kappa shape index (κ3) is 4.24. The van der Waals surface area contributed by atoms with E-state index in [2.05, 4.69) is 6.92 Å². The van der Waals surface area contributed by atoms with Crippen LogP contribution in [0.3, 0.4) is 0 Å². The summed E-state index contributed by atoms with van der Waals surface area (Å²) in [6.45, 7) is 3.73. The van der Waals surface area contributed by atoms with Gasteiger partial charge in [0.05, 0.1) is 12.2 Å². The fraction of sp³-hybridized carbons (Fsp3) is 0.917. The number of unbranched alkanes of at least 4 members (excludes halogenated alkanes) is 1. The van der Waals surface area contributed by atoms with Crippen molar-refractivity contribution in [2.45, 2.75) is 32.6 Å². The summed E-state index contributed by atoms with van der Waals surface area (Å²) in [5.74, 6) is -0.0906. The van der Waals surface area contributed by atoms with Gasteiger partial charge < -0.3 is 4.90 Å². The second-order valence-corrected chi connectivity index (χ2v) is 7.06. The van der Waals surface area contributed by atoms with Crippen molar-refractivity contribution in [1.82, 2.24) is 9.21 Å². The van der Waals surface area contributed by atoms with Crippen molar-refractivity contribution in [3.63, 3.8) is 0 Å². The van der Waals surface area contributed by atoms with Crippen LogP contribution in [0.25, 0.3) is 0 Å². The molecule has 1 unspecified atom stereocenters. The SMILES string of the molecule is CCCCN(C)C(=O)C1CCCN(S(C)(=O)=O)C1. The van der Waals surface area contributed by atoms with Crippen LogP contribution in [0.2, 0.25) is 0 Å². The second-order valence-electron chi connectivity index (χ2n) is 5.07. The number of hydrogen-bond acceptors (Lipinski definition) is 3. The van der Waals surface area contributed by atoms with E-state index in [9.17, 15) is 13.2 Å². The Balaban J connectivity index is 2.58. The number of piperidine rings is 1. The molecular weight excluding hydrogens is 252 g/mol. The Labute approximate surface area is 110 Å². The zero-order chi connectivity index (χ0) is 13.8. The average molecular weight is 276 g/mol. The highest BCUT2D eigenvalue weighted by atomic mass is 32.2. The number of amides is 1. The first-order valence-corrected chi connectivity index (χ1v) is 8.41. The molecule has 0 aromatic rings. The zero-order valence-electron chi connectivity index (χ0n) is 11.6. The molecule has 6 heteroatoms. The van der Waals surface area contributed by atoms with E-state index in [0.29, 0.717) is 13.1 Å². The minimum absolute atomic E-state index is 0.0804. The third-order valence-electron chi connectivity index (χ3n) is 3.43. The van der Waals surface area contributed by atoms with Crippen LogP contribution in [-0.4, -0.2) is 56.5 Å². The maximum absolute atomic E-state index is 12.2. The van der Waals surface area contributed by atoms with Crippen LogP contribution < -0.4 is 0 Å². The van der Waals surface area contributed by atoms with E-state index in [1.807, 2.05) is 0 Å². The molecule has 1 aliphatic heterocycles. The summed E-state index contributed by atoms with van der Waals surface area (Å²) < 4.78 is 24.4. The molecule has 0 spiro atoms. The van der Waals surface area contributed by atoms with Crippen LogP contribution in [-0.2, 0) is 14.8 Å². The maximum Gasteiger partial charge on any atom is 0.226 e. The minimum atomic E-state index is -3.17. The molecule has 0 saturated carbocycles. The van der Waals surface area contributed by atoms with Crippen LogP contribution in [0.5, 0.6) is 0 Å². The van der Waals surface area contributed by atoms with Crippen LogP contribution in [0.1, 0.15) is 32.6 Å². The van der Waals surface area contributed by atoms with Crippen molar-refractivity contribution >= 4 is 15.9 Å². The minimum Gasteiger partial charge on any atom is -0.345 e. The first-order valence-electron chi connectivity index (χ1n) is 6.56. The molecule has 18 heavy (non-hydrogen) atoms. The fourth-order valence-corrected chi connectivity index (χ4v) is 3.17. The van der Waals surface area contributed by atoms with Gasteiger partial charge in [-0.15, -0.1) is 0 Å². The van der Waals surface area contributed by atoms with E-state index in [-0.39, 0.29) is 11.8 Å². The number of carbonyl (C=O) groups excluding carboxylic acids is 1. The molecule has 1 saturated heterocycles. The van der Waals surface area contributed by atoms with Crippen LogP contribution in [0.4, 0.5) is 0 Å². The van der Waals surface area contributed by atoms with Gasteiger partial charge in [-0.05, 0) is 19.3 Å². The lowest BCUT2D eigenvalue weighted by molar-refractivity contribution is -0.135. The predicted octanol–water partition coefficient (Wildman–Crippen LogP) is 0.917. The van der Waals surface area contributed by atoms with Crippen LogP contribution >= 0.6 is 0 Å². The van der Waals surface area contributed by atoms with Gasteiger partial charge >= 0.3 is 0 Å². The molecule has 0 N–H and O–H groups in total. The summed E-state index contributed by atoms with van der Waals surface area (Å²) in [5.41, 5.74) is 0. The Morgan fingerprint density at radius 2 is 2.11 bits per heavy atom. The molecule has 0 radical (unpaired) electrons. The van der Waals surface area contributed by atoms with Gasteiger partial charge in [0.2, 0.25) is 15.9 Å². The molecule has 0 aromatic heterocycles. The molecule has 1 amide bonds. The van der Waals surface area contributed by atoms with E-state index in [1.165, 1.54) is 10.6 Å². The van der Waals surface area contributed by atoms with E-state index in [1.54, 1.807) is 11.9 Å². The molecule has 0 aromatic carbocycles. The topological polar surface area (TPSA) is 57.7 Å². The standard InChI is InChI=1S/C12H24N2O3S/c1-4-5-8-13(2)12(15)11-7-6-9-14(10-11)18(3,16)17/h11H,4-10H2,1-3H3. The second kappa shape index (κ2) is 6.52. The summed E-state index contributed by atoms with van der Waals surface area (Å²) in [4.78, 5) is 13.9. The largest absolute Gasteiger partial charge is 0.345 e. The number of sulfonamides is 1. The van der Waals surface area contributed by atoms with Crippen molar-refractivity contribution in [1.29, 1.82) is 0 Å². The lowest BCUT2D eigenvalue weighted by Gasteiger charge is -2.32. The average Bonchev–Trinajstić information content (AvgIpc) is 2.34. The lowest BCUT2D eigenvalue weighted by Crippen LogP contribution is -2.45. The maximum atomic E-state index is 12.2. The molecule has 1 rings (SSSR count). The summed E-state index contributed by atoms with van der Waals surface area (Å²) >= 11 is 0. The molecule has 106 valence electrons. The Kier molecular flexibility index (Phi) is 5.59. The Morgan fingerprint density at radius 3 is 2.67 bits per heavy atom. The van der Waals surface area contributed by atoms with E-state index in [0.717, 1.165) is 32.2 Å². The third-order valence-corrected chi connectivity index (χ3v) is 4.70. The van der Waals surface area contributed by atoms with Gasteiger partial charge in [0.1, 0.15) is 0 Å². The van der Waals surface area contributed by atoms with Gasteiger partial charge in [-0.3, -0.25) is 4.79 Å². The quantitative estimate of drug-likeness (QED) is 0.750. The van der Waals surface area contributed by atoms with Crippen LogP contribution in [0.15, 0.2) is 0 Å². The molecular formula is C12H24N2O3S. The van der Waals surface area contributed by atoms with Gasteiger partial charge in [0.15, 0.2) is 0 Å². The van der Waals surface area contributed by atoms with E-state index in [4.69, 9.17) is 0 Å². The smallest absolute Gasteiger partial charge is 0.226 e. The molecule has 1 atom stereocenters. The Morgan fingerprint density at radius 1 is 1.44 bits per heavy atom. The van der Waals surface area contributed by atoms with Gasteiger partial charge in [0.25, 0.3) is 0 Å². The predicted molar refractivity (Wildman–Crippen MR) is 71.7 cm³/mol. The van der Waals surface area contributed by atoms with Crippen LogP contribution in [0, 0.1) is 5.92 Å². The van der Waals surface area contributed by atoms with Gasteiger partial charge in [-0.2, -0.15) is 0 Å². The zero-order valence-corrected chi connectivity index (χ0v) is 12.4. The van der Waals surface area contributed by atoms with E-state index >= 15 is 0 Å². The molecule has 1 aliphatic rings. The first kappa shape index (κ1) is 15.4. The van der Waals surface area contributed by atoms with Crippen molar-refractivity contribution in [2.24, 2.45) is 5.92 Å². The highest BCUT2D eigenvalue weighted by Gasteiger charge is 2.31. The summed E-state index contributed by atoms with van der Waals surface area (Å²) in [5, 5.41) is 0. The number of carbonyl (C=O) groups is 1. The molecule has 0 bridgehead atoms. The van der Waals surface area contributed by atoms with Crippen molar-refractivity contribution in [3.05, 3.63) is 0 Å². The number of rotatable bonds is 5. The fourth-order valence-electron chi connectivity index (χ4n) is 2.26. The summed E-state index contributed by atoms with van der Waals surface area (Å²) in [6.07, 6.45) is 4.82. The monoisotopic (exact) mass is 276 g/mol. The molecule has 5 nitrogen and oxygen atoms in total. The van der Waals surface area contributed by atoms with Gasteiger partial charge in [0, 0.05) is 26.7 Å². The Bertz CT molecular complexity index is 381. The van der Waals surface area contributed by atoms with Crippen molar-refractivity contribution in [3.8, 4) is 0 Å². The number of hydrogen-bond donors (Lipinski definition) is 0. The van der Waals surface area contributed by atoms with E-state index < -0.39 is 10.0 Å². The first-order chi connectivity index (χ1) is 8.36. The van der Waals surface area contributed by atoms with Gasteiger partial charge in [-0.25, -0.2) is 12.7 Å². The highest BCUT2D eigenvalue weighted by Crippen LogP contribution is 2.20. The summed E-state index contributed by atoms with van der Waals surface area (Å²) in [7, 11) is -1.37. The lowest BCUT2D eigenvalue weighted by atomic mass is 9.98. The normalized spacial score (nSPS) is 21.8. The van der Waals surface area contributed by atoms with Gasteiger partial charge in [-0.1, -0.05) is 13.3 Å². The molecule has 0 aliphatic carbocycles. The summed E-state index contributed by atoms with van der Waals surface area (Å²) in [6, 6.07) is 0. The highest BCUT2D eigenvalue weighted by molar-refractivity contribution is 7.88. The van der Waals surface area contributed by atoms with Crippen molar-refractivity contribution in [2.75, 3.05) is 32.9 Å². The molecule has 1 fully saturated rings. The van der Waals surface area contributed by atoms with Crippen molar-refractivity contribution < 1.29 is 13.2 Å². The number of nitrogens with zero attached hydrogens (tertiary/aromatic N) is 2. The molecule has 1 heterocycles. The Hall–Kier alpha value is -0.620.